The Morgan fingerprint density at radius 3 is 1.50 bits per heavy atom. The van der Waals surface area contributed by atoms with Crippen LogP contribution in [0.5, 0.6) is 0 Å². The van der Waals surface area contributed by atoms with Gasteiger partial charge in [0.1, 0.15) is 12.3 Å². The third-order valence-corrected chi connectivity index (χ3v) is 2.56. The second-order valence-electron chi connectivity index (χ2n) is 3.46. The highest BCUT2D eigenvalue weighted by atomic mass is 19.2. The van der Waals surface area contributed by atoms with E-state index in [1.807, 2.05) is 13.8 Å². The third-order valence-electron chi connectivity index (χ3n) is 2.56. The number of rotatable bonds is 0. The molecule has 0 nitrogen and oxygen atoms in total. The summed E-state index contributed by atoms with van der Waals surface area (Å²) in [6, 6.07) is 0. The molecule has 1 aliphatic carbocycles. The summed E-state index contributed by atoms with van der Waals surface area (Å²) in [5.41, 5.74) is 0. The van der Waals surface area contributed by atoms with Crippen LogP contribution >= 0.6 is 0 Å². The van der Waals surface area contributed by atoms with Crippen molar-refractivity contribution in [3.05, 3.63) is 0 Å². The summed E-state index contributed by atoms with van der Waals surface area (Å²) in [6.07, 6.45) is -1.60. The lowest BCUT2D eigenvalue weighted by molar-refractivity contribution is 0.0628. The highest BCUT2D eigenvalue weighted by Gasteiger charge is 2.32. The van der Waals surface area contributed by atoms with E-state index < -0.39 is 12.3 Å². The van der Waals surface area contributed by atoms with Gasteiger partial charge in [0.2, 0.25) is 0 Å². The van der Waals surface area contributed by atoms with Crippen molar-refractivity contribution in [2.24, 2.45) is 11.8 Å². The van der Waals surface area contributed by atoms with Crippen LogP contribution in [0.4, 0.5) is 8.78 Å². The lowest BCUT2D eigenvalue weighted by atomic mass is 9.80. The van der Waals surface area contributed by atoms with Gasteiger partial charge in [-0.25, -0.2) is 8.78 Å². The molecular formula is C8H14F2. The molecule has 0 aromatic rings. The predicted octanol–water partition coefficient (Wildman–Crippen LogP) is 2.73. The molecule has 0 radical (unpaired) electrons. The van der Waals surface area contributed by atoms with Crippen molar-refractivity contribution in [1.29, 1.82) is 0 Å². The zero-order valence-electron chi connectivity index (χ0n) is 6.48. The molecule has 1 aliphatic rings. The van der Waals surface area contributed by atoms with Gasteiger partial charge in [-0.05, 0) is 24.7 Å². The molecule has 0 saturated heterocycles. The third kappa shape index (κ3) is 1.47. The number of halogens is 2. The zero-order valence-corrected chi connectivity index (χ0v) is 6.48. The Hall–Kier alpha value is -0.140. The molecule has 0 spiro atoms. The van der Waals surface area contributed by atoms with Crippen LogP contribution in [0, 0.1) is 11.8 Å². The SMILES string of the molecule is CC1CC(F)[C@H](F)CC1C. The van der Waals surface area contributed by atoms with E-state index in [2.05, 4.69) is 0 Å². The normalized spacial score (nSPS) is 49.2. The Morgan fingerprint density at radius 2 is 1.20 bits per heavy atom. The van der Waals surface area contributed by atoms with E-state index in [4.69, 9.17) is 0 Å². The molecule has 0 aromatic carbocycles. The number of hydrogen-bond acceptors (Lipinski definition) is 0. The van der Waals surface area contributed by atoms with Crippen LogP contribution in [0.2, 0.25) is 0 Å². The fourth-order valence-corrected chi connectivity index (χ4v) is 1.47. The highest BCUT2D eigenvalue weighted by Crippen LogP contribution is 2.32. The van der Waals surface area contributed by atoms with Crippen molar-refractivity contribution in [3.8, 4) is 0 Å². The fourth-order valence-electron chi connectivity index (χ4n) is 1.47. The Balaban J connectivity index is 2.46. The van der Waals surface area contributed by atoms with Crippen LogP contribution in [0.25, 0.3) is 0 Å². The summed E-state index contributed by atoms with van der Waals surface area (Å²) in [6.45, 7) is 3.98. The second-order valence-corrected chi connectivity index (χ2v) is 3.46. The molecule has 10 heavy (non-hydrogen) atoms. The first-order chi connectivity index (χ1) is 4.61. The smallest absolute Gasteiger partial charge is 0.131 e. The van der Waals surface area contributed by atoms with Gasteiger partial charge in [-0.15, -0.1) is 0 Å². The fraction of sp³-hybridized carbons (Fsp3) is 1.00. The monoisotopic (exact) mass is 148 g/mol. The van der Waals surface area contributed by atoms with Gasteiger partial charge in [-0.1, -0.05) is 13.8 Å². The van der Waals surface area contributed by atoms with Crippen LogP contribution in [-0.2, 0) is 0 Å². The van der Waals surface area contributed by atoms with Crippen molar-refractivity contribution in [3.63, 3.8) is 0 Å². The van der Waals surface area contributed by atoms with Crippen LogP contribution in [0.3, 0.4) is 0 Å². The molecule has 0 aromatic heterocycles. The summed E-state index contributed by atoms with van der Waals surface area (Å²) in [4.78, 5) is 0. The maximum absolute atomic E-state index is 12.6. The quantitative estimate of drug-likeness (QED) is 0.495. The largest absolute Gasteiger partial charge is 0.244 e. The molecule has 1 fully saturated rings. The van der Waals surface area contributed by atoms with E-state index in [1.165, 1.54) is 0 Å². The van der Waals surface area contributed by atoms with Crippen molar-refractivity contribution in [2.45, 2.75) is 39.0 Å². The van der Waals surface area contributed by atoms with Gasteiger partial charge in [-0.3, -0.25) is 0 Å². The van der Waals surface area contributed by atoms with E-state index in [0.29, 0.717) is 24.7 Å². The first-order valence-electron chi connectivity index (χ1n) is 3.89. The van der Waals surface area contributed by atoms with Crippen LogP contribution in [0.1, 0.15) is 26.7 Å². The maximum Gasteiger partial charge on any atom is 0.131 e. The van der Waals surface area contributed by atoms with Crippen molar-refractivity contribution in [2.75, 3.05) is 0 Å². The molecule has 60 valence electrons. The van der Waals surface area contributed by atoms with Crippen molar-refractivity contribution in [1.82, 2.24) is 0 Å². The average molecular weight is 148 g/mol. The van der Waals surface area contributed by atoms with Gasteiger partial charge in [0.15, 0.2) is 0 Å². The number of hydrogen-bond donors (Lipinski definition) is 0. The Bertz CT molecular complexity index is 87.8. The molecule has 2 heteroatoms. The molecule has 0 heterocycles. The molecule has 4 atom stereocenters. The molecule has 1 rings (SSSR count). The highest BCUT2D eigenvalue weighted by molar-refractivity contribution is 4.81. The van der Waals surface area contributed by atoms with E-state index in [1.54, 1.807) is 0 Å². The summed E-state index contributed by atoms with van der Waals surface area (Å²) in [5.74, 6) is 0.698. The van der Waals surface area contributed by atoms with Crippen LogP contribution in [-0.4, -0.2) is 12.3 Å². The average Bonchev–Trinajstić information content (AvgIpc) is 1.84. The van der Waals surface area contributed by atoms with E-state index in [-0.39, 0.29) is 0 Å². The summed E-state index contributed by atoms with van der Waals surface area (Å²) in [7, 11) is 0. The van der Waals surface area contributed by atoms with E-state index >= 15 is 0 Å². The summed E-state index contributed by atoms with van der Waals surface area (Å²) < 4.78 is 25.3. The Kier molecular flexibility index (Phi) is 2.27. The van der Waals surface area contributed by atoms with Crippen molar-refractivity contribution < 1.29 is 8.78 Å². The first kappa shape index (κ1) is 7.96. The minimum absolute atomic E-state index is 0.349. The lowest BCUT2D eigenvalue weighted by Gasteiger charge is -2.30. The maximum atomic E-state index is 12.6. The summed E-state index contributed by atoms with van der Waals surface area (Å²) in [5, 5.41) is 0. The molecule has 0 amide bonds. The zero-order chi connectivity index (χ0) is 7.72. The first-order valence-corrected chi connectivity index (χ1v) is 3.89. The topological polar surface area (TPSA) is 0 Å². The molecule has 0 aliphatic heterocycles. The van der Waals surface area contributed by atoms with E-state index in [0.717, 1.165) is 0 Å². The summed E-state index contributed by atoms with van der Waals surface area (Å²) >= 11 is 0. The molecule has 1 saturated carbocycles. The van der Waals surface area contributed by atoms with E-state index in [9.17, 15) is 8.78 Å². The second kappa shape index (κ2) is 2.85. The van der Waals surface area contributed by atoms with Gasteiger partial charge < -0.3 is 0 Å². The Morgan fingerprint density at radius 1 is 0.900 bits per heavy atom. The molecule has 3 unspecified atom stereocenters. The van der Waals surface area contributed by atoms with Gasteiger partial charge in [0, 0.05) is 0 Å². The van der Waals surface area contributed by atoms with Crippen LogP contribution in [0.15, 0.2) is 0 Å². The molecular weight excluding hydrogens is 134 g/mol. The molecule has 0 bridgehead atoms. The van der Waals surface area contributed by atoms with Gasteiger partial charge >= 0.3 is 0 Å². The molecule has 0 N–H and O–H groups in total. The van der Waals surface area contributed by atoms with Gasteiger partial charge in [-0.2, -0.15) is 0 Å². The van der Waals surface area contributed by atoms with Gasteiger partial charge in [0.25, 0.3) is 0 Å². The predicted molar refractivity (Wildman–Crippen MR) is 37.4 cm³/mol. The van der Waals surface area contributed by atoms with Crippen molar-refractivity contribution >= 4 is 0 Å². The number of alkyl halides is 2. The minimum Gasteiger partial charge on any atom is -0.244 e. The lowest BCUT2D eigenvalue weighted by Crippen LogP contribution is -2.31. The minimum atomic E-state index is -1.20. The van der Waals surface area contributed by atoms with Gasteiger partial charge in [0.05, 0.1) is 0 Å². The van der Waals surface area contributed by atoms with Crippen LogP contribution < -0.4 is 0 Å². The standard InChI is InChI=1S/C8H14F2/c1-5-3-7(9)8(10)4-6(5)2/h5-8H,3-4H2,1-2H3/t5?,6?,7-,8?/m1/s1. The Labute approximate surface area is 60.6 Å².